The number of nitrogens with zero attached hydrogens (tertiary/aromatic N) is 4. The number of aliphatic hydroxyl groups is 2. The summed E-state index contributed by atoms with van der Waals surface area (Å²) >= 11 is 8.79. The summed E-state index contributed by atoms with van der Waals surface area (Å²) in [4.78, 5) is 8.93. The number of halogens is 1. The fraction of sp³-hybridized carbons (Fsp3) is 0.154. The van der Waals surface area contributed by atoms with Crippen molar-refractivity contribution in [2.45, 2.75) is 16.9 Å². The van der Waals surface area contributed by atoms with Crippen LogP contribution in [0.25, 0.3) is 11.1 Å². The third-order valence-electron chi connectivity index (χ3n) is 5.20. The molecular weight excluding hydrogens is 544 g/mol. The topological polar surface area (TPSA) is 161 Å². The average molecular weight is 565 g/mol. The number of thioether (sulfide) groups is 1. The monoisotopic (exact) mass is 564 g/mol. The van der Waals surface area contributed by atoms with Gasteiger partial charge in [0.2, 0.25) is 0 Å². The maximum atomic E-state index is 10.0. The van der Waals surface area contributed by atoms with E-state index in [1.807, 2.05) is 17.5 Å². The highest BCUT2D eigenvalue weighted by atomic mass is 35.5. The Hall–Kier alpha value is -3.84. The molecular formula is C26H21ClN6O3S2. The van der Waals surface area contributed by atoms with Gasteiger partial charge in [-0.2, -0.15) is 10.5 Å². The summed E-state index contributed by atoms with van der Waals surface area (Å²) in [7, 11) is 0. The number of thiazole rings is 1. The van der Waals surface area contributed by atoms with E-state index in [1.165, 1.54) is 23.1 Å². The van der Waals surface area contributed by atoms with Crippen molar-refractivity contribution in [3.8, 4) is 29.0 Å². The smallest absolute Gasteiger partial charge is 0.187 e. The first-order valence-electron chi connectivity index (χ1n) is 11.2. The van der Waals surface area contributed by atoms with Gasteiger partial charge in [-0.05, 0) is 35.9 Å². The third kappa shape index (κ3) is 6.53. The second-order valence-corrected chi connectivity index (χ2v) is 10.1. The van der Waals surface area contributed by atoms with Gasteiger partial charge in [0.15, 0.2) is 5.13 Å². The Morgan fingerprint density at radius 1 is 1.13 bits per heavy atom. The van der Waals surface area contributed by atoms with Crippen molar-refractivity contribution < 1.29 is 14.9 Å². The quantitative estimate of drug-likeness (QED) is 0.194. The molecule has 0 amide bonds. The van der Waals surface area contributed by atoms with Crippen molar-refractivity contribution in [1.29, 1.82) is 10.5 Å². The number of nitrogens with two attached hydrogens (primary N) is 1. The number of ether oxygens (including phenoxy) is 1. The van der Waals surface area contributed by atoms with Crippen LogP contribution >= 0.6 is 34.7 Å². The van der Waals surface area contributed by atoms with Gasteiger partial charge in [0, 0.05) is 27.4 Å². The number of pyridine rings is 1. The fourth-order valence-electron chi connectivity index (χ4n) is 3.42. The predicted octanol–water partition coefficient (Wildman–Crippen LogP) is 4.95. The normalized spacial score (nSPS) is 11.4. The highest BCUT2D eigenvalue weighted by Gasteiger charge is 2.21. The molecule has 0 aliphatic rings. The van der Waals surface area contributed by atoms with Crippen molar-refractivity contribution in [2.24, 2.45) is 0 Å². The maximum Gasteiger partial charge on any atom is 0.187 e. The van der Waals surface area contributed by atoms with Gasteiger partial charge in [-0.1, -0.05) is 41.6 Å². The molecule has 9 nitrogen and oxygen atoms in total. The van der Waals surface area contributed by atoms with Crippen LogP contribution in [0.5, 0.6) is 5.75 Å². The Bertz CT molecular complexity index is 1520. The number of nitrogen functional groups attached to an aromatic ring is 1. The van der Waals surface area contributed by atoms with E-state index >= 15 is 0 Å². The summed E-state index contributed by atoms with van der Waals surface area (Å²) in [6.07, 6.45) is -0.994. The van der Waals surface area contributed by atoms with E-state index in [0.717, 1.165) is 11.4 Å². The number of aromatic nitrogens is 2. The summed E-state index contributed by atoms with van der Waals surface area (Å²) in [5.74, 6) is 0.915. The molecule has 2 aromatic carbocycles. The first-order valence-corrected chi connectivity index (χ1v) is 13.4. The molecule has 1 unspecified atom stereocenters. The van der Waals surface area contributed by atoms with Crippen molar-refractivity contribution in [2.75, 3.05) is 24.3 Å². The van der Waals surface area contributed by atoms with Crippen molar-refractivity contribution >= 4 is 51.3 Å². The Kier molecular flexibility index (Phi) is 9.02. The van der Waals surface area contributed by atoms with Crippen LogP contribution in [0, 0.1) is 22.7 Å². The molecule has 0 saturated heterocycles. The molecule has 4 rings (SSSR count). The lowest BCUT2D eigenvalue weighted by atomic mass is 9.97. The zero-order valence-corrected chi connectivity index (χ0v) is 22.1. The molecule has 2 aromatic heterocycles. The number of anilines is 3. The molecule has 0 aliphatic carbocycles. The number of benzene rings is 2. The Morgan fingerprint density at radius 3 is 2.58 bits per heavy atom. The van der Waals surface area contributed by atoms with Crippen LogP contribution in [0.4, 0.5) is 16.6 Å². The number of nitrogens with one attached hydrogen (secondary N) is 1. The summed E-state index contributed by atoms with van der Waals surface area (Å²) < 4.78 is 5.44. The highest BCUT2D eigenvalue weighted by molar-refractivity contribution is 7.98. The van der Waals surface area contributed by atoms with Gasteiger partial charge in [-0.25, -0.2) is 9.97 Å². The lowest BCUT2D eigenvalue weighted by Crippen LogP contribution is -2.21. The average Bonchev–Trinajstić information content (AvgIpc) is 3.37. The Morgan fingerprint density at radius 2 is 1.89 bits per heavy atom. The first kappa shape index (κ1) is 27.2. The van der Waals surface area contributed by atoms with E-state index in [-0.39, 0.29) is 23.6 Å². The van der Waals surface area contributed by atoms with Gasteiger partial charge in [-0.15, -0.1) is 11.3 Å². The molecule has 1 atom stereocenters. The zero-order valence-electron chi connectivity index (χ0n) is 19.8. The standard InChI is InChI=1S/C26H21ClN6O3S2/c27-16-2-1-3-17(8-16)31-26-32-18(14-38-26)13-37-25-22(10-29)23(21(9-28)24(30)33-25)15-4-6-20(7-5-15)36-12-19(35)11-34/h1-8,14,19,34-35H,11-13H2,(H2,30,33)(H,31,32). The molecule has 0 saturated carbocycles. The van der Waals surface area contributed by atoms with Crippen LogP contribution in [0.3, 0.4) is 0 Å². The van der Waals surface area contributed by atoms with Crippen molar-refractivity contribution in [3.05, 3.63) is 75.8 Å². The summed E-state index contributed by atoms with van der Waals surface area (Å²) in [6.45, 7) is -0.481. The summed E-state index contributed by atoms with van der Waals surface area (Å²) in [6, 6.07) is 18.3. The van der Waals surface area contributed by atoms with Gasteiger partial charge in [-0.3, -0.25) is 0 Å². The van der Waals surface area contributed by atoms with E-state index < -0.39 is 12.7 Å². The van der Waals surface area contributed by atoms with Gasteiger partial charge < -0.3 is 26.0 Å². The Balaban J connectivity index is 1.56. The second-order valence-electron chi connectivity index (χ2n) is 7.89. The number of hydrogen-bond donors (Lipinski definition) is 4. The van der Waals surface area contributed by atoms with Gasteiger partial charge in [0.1, 0.15) is 47.0 Å². The van der Waals surface area contributed by atoms with Crippen molar-refractivity contribution in [1.82, 2.24) is 9.97 Å². The van der Waals surface area contributed by atoms with Gasteiger partial charge in [0.05, 0.1) is 17.9 Å². The van der Waals surface area contributed by atoms with Crippen LogP contribution in [0.2, 0.25) is 5.02 Å². The Labute approximate surface area is 232 Å². The van der Waals surface area contributed by atoms with E-state index in [2.05, 4.69) is 27.4 Å². The van der Waals surface area contributed by atoms with E-state index in [4.69, 9.17) is 27.2 Å². The molecule has 38 heavy (non-hydrogen) atoms. The summed E-state index contributed by atoms with van der Waals surface area (Å²) in [5.41, 5.74) is 9.05. The molecule has 0 bridgehead atoms. The zero-order chi connectivity index (χ0) is 27.1. The minimum Gasteiger partial charge on any atom is -0.491 e. The molecule has 12 heteroatoms. The molecule has 0 radical (unpaired) electrons. The van der Waals surface area contributed by atoms with E-state index in [1.54, 1.807) is 36.4 Å². The highest BCUT2D eigenvalue weighted by Crippen LogP contribution is 2.37. The molecule has 0 fully saturated rings. The van der Waals surface area contributed by atoms with E-state index in [0.29, 0.717) is 37.8 Å². The number of aliphatic hydroxyl groups excluding tert-OH is 2. The van der Waals surface area contributed by atoms with Crippen LogP contribution in [-0.2, 0) is 5.75 Å². The predicted molar refractivity (Wildman–Crippen MR) is 149 cm³/mol. The first-order chi connectivity index (χ1) is 18.4. The lowest BCUT2D eigenvalue weighted by Gasteiger charge is -2.14. The number of nitriles is 2. The maximum absolute atomic E-state index is 10.0. The minimum atomic E-state index is -0.994. The molecule has 4 aromatic rings. The van der Waals surface area contributed by atoms with Crippen molar-refractivity contribution in [3.63, 3.8) is 0 Å². The molecule has 0 spiro atoms. The van der Waals surface area contributed by atoms with Crippen LogP contribution in [0.15, 0.2) is 58.9 Å². The minimum absolute atomic E-state index is 0.0250. The van der Waals surface area contributed by atoms with Gasteiger partial charge >= 0.3 is 0 Å². The molecule has 2 heterocycles. The number of rotatable bonds is 10. The van der Waals surface area contributed by atoms with Gasteiger partial charge in [0.25, 0.3) is 0 Å². The fourth-order valence-corrected chi connectivity index (χ4v) is 5.33. The lowest BCUT2D eigenvalue weighted by molar-refractivity contribution is 0.0536. The molecule has 5 N–H and O–H groups in total. The van der Waals surface area contributed by atoms with Crippen LogP contribution in [0.1, 0.15) is 16.8 Å². The largest absolute Gasteiger partial charge is 0.491 e. The number of hydrogen-bond acceptors (Lipinski definition) is 11. The van der Waals surface area contributed by atoms with Crippen LogP contribution in [-0.4, -0.2) is 39.5 Å². The third-order valence-corrected chi connectivity index (χ3v) is 7.25. The molecule has 0 aliphatic heterocycles. The van der Waals surface area contributed by atoms with E-state index in [9.17, 15) is 15.6 Å². The molecule has 192 valence electrons. The summed E-state index contributed by atoms with van der Waals surface area (Å²) in [5, 5.41) is 45.0. The SMILES string of the molecule is N#Cc1c(N)nc(SCc2csc(Nc3cccc(Cl)c3)n2)c(C#N)c1-c1ccc(OCC(O)CO)cc1. The second kappa shape index (κ2) is 12.6. The van der Waals surface area contributed by atoms with Crippen LogP contribution < -0.4 is 15.8 Å².